The molecule has 2 N–H and O–H groups in total. The first-order chi connectivity index (χ1) is 17.4. The fraction of sp³-hybridized carbons (Fsp3) is 0.296. The zero-order valence-corrected chi connectivity index (χ0v) is 21.1. The molecule has 6 rings (SSSR count). The third kappa shape index (κ3) is 4.11. The standard InChI is InChI=1S/C27H24Cl2N4O3/c1-15(25-20(28)13-31-14-21(25)29)35-17-3-4-22-18(11-17)26(33-32-22)16-2-5-24-19(10-16)23(34)12-27(36-24)6-8-30-9-7-27/h2-5,10-11,13-15,30H,6-9,12H2,1H3,(H,32,33)/t15-/m1/s1. The fourth-order valence-corrected chi connectivity index (χ4v) is 5.83. The Morgan fingerprint density at radius 2 is 1.86 bits per heavy atom. The van der Waals surface area contributed by atoms with Gasteiger partial charge in [0.05, 0.1) is 27.5 Å². The van der Waals surface area contributed by atoms with Gasteiger partial charge in [-0.3, -0.25) is 14.9 Å². The number of benzene rings is 2. The Hall–Kier alpha value is -3.13. The number of hydrogen-bond donors (Lipinski definition) is 2. The van der Waals surface area contributed by atoms with Gasteiger partial charge in [0.1, 0.15) is 28.9 Å². The summed E-state index contributed by atoms with van der Waals surface area (Å²) in [5.74, 6) is 1.41. The number of pyridine rings is 1. The zero-order valence-electron chi connectivity index (χ0n) is 19.6. The highest BCUT2D eigenvalue weighted by molar-refractivity contribution is 6.35. The van der Waals surface area contributed by atoms with Crippen molar-refractivity contribution in [2.75, 3.05) is 13.1 Å². The van der Waals surface area contributed by atoms with Crippen molar-refractivity contribution in [1.29, 1.82) is 0 Å². The molecule has 1 spiro atoms. The number of aromatic amines is 1. The van der Waals surface area contributed by atoms with Gasteiger partial charge in [-0.2, -0.15) is 5.10 Å². The SMILES string of the molecule is C[C@@H](Oc1ccc2[nH]nc(-c3ccc4c(c3)C(=O)CC3(CCNCC3)O4)c2c1)c1c(Cl)cncc1Cl. The van der Waals surface area contributed by atoms with E-state index in [1.54, 1.807) is 12.4 Å². The average Bonchev–Trinajstić information content (AvgIpc) is 3.27. The lowest BCUT2D eigenvalue weighted by Gasteiger charge is -2.40. The van der Waals surface area contributed by atoms with Crippen LogP contribution < -0.4 is 14.8 Å². The van der Waals surface area contributed by atoms with Crippen LogP contribution in [0.15, 0.2) is 48.8 Å². The molecule has 0 bridgehead atoms. The molecular weight excluding hydrogens is 499 g/mol. The number of halogens is 2. The average molecular weight is 523 g/mol. The van der Waals surface area contributed by atoms with E-state index in [1.807, 2.05) is 43.3 Å². The van der Waals surface area contributed by atoms with Crippen molar-refractivity contribution < 1.29 is 14.3 Å². The summed E-state index contributed by atoms with van der Waals surface area (Å²) in [6.07, 6.45) is 4.79. The maximum absolute atomic E-state index is 13.1. The van der Waals surface area contributed by atoms with Crippen molar-refractivity contribution in [3.8, 4) is 22.8 Å². The quantitative estimate of drug-likeness (QED) is 0.333. The second kappa shape index (κ2) is 9.07. The largest absolute Gasteiger partial charge is 0.486 e. The number of nitrogens with one attached hydrogen (secondary N) is 2. The van der Waals surface area contributed by atoms with Gasteiger partial charge in [-0.25, -0.2) is 0 Å². The van der Waals surface area contributed by atoms with Gasteiger partial charge in [0.25, 0.3) is 0 Å². The Balaban J connectivity index is 1.31. The number of nitrogens with zero attached hydrogens (tertiary/aromatic N) is 2. The summed E-state index contributed by atoms with van der Waals surface area (Å²) in [6.45, 7) is 3.61. The maximum atomic E-state index is 13.1. The van der Waals surface area contributed by atoms with Crippen LogP contribution in [0, 0.1) is 0 Å². The van der Waals surface area contributed by atoms with E-state index in [0.717, 1.165) is 48.1 Å². The molecule has 36 heavy (non-hydrogen) atoms. The van der Waals surface area contributed by atoms with E-state index in [1.165, 1.54) is 0 Å². The predicted molar refractivity (Wildman–Crippen MR) is 139 cm³/mol. The number of ketones is 1. The van der Waals surface area contributed by atoms with Crippen LogP contribution in [-0.4, -0.2) is 39.7 Å². The van der Waals surface area contributed by atoms with E-state index in [0.29, 0.717) is 39.1 Å². The summed E-state index contributed by atoms with van der Waals surface area (Å²) >= 11 is 12.6. The van der Waals surface area contributed by atoms with E-state index in [9.17, 15) is 4.79 Å². The number of hydrogen-bond acceptors (Lipinski definition) is 6. The van der Waals surface area contributed by atoms with Gasteiger partial charge < -0.3 is 14.8 Å². The van der Waals surface area contributed by atoms with Crippen LogP contribution in [0.4, 0.5) is 0 Å². The number of carbonyl (C=O) groups excluding carboxylic acids is 1. The van der Waals surface area contributed by atoms with Gasteiger partial charge in [-0.15, -0.1) is 0 Å². The normalized spacial score (nSPS) is 17.6. The molecule has 4 heterocycles. The molecule has 0 aliphatic carbocycles. The van der Waals surface area contributed by atoms with Gasteiger partial charge in [0.15, 0.2) is 5.78 Å². The third-order valence-electron chi connectivity index (χ3n) is 7.02. The Labute approximate surface area is 218 Å². The van der Waals surface area contributed by atoms with E-state index in [2.05, 4.69) is 20.5 Å². The minimum absolute atomic E-state index is 0.115. The number of rotatable bonds is 4. The second-order valence-corrected chi connectivity index (χ2v) is 10.2. The van der Waals surface area contributed by atoms with E-state index >= 15 is 0 Å². The van der Waals surface area contributed by atoms with Crippen LogP contribution in [0.1, 0.15) is 48.2 Å². The summed E-state index contributed by atoms with van der Waals surface area (Å²) < 4.78 is 12.6. The third-order valence-corrected chi connectivity index (χ3v) is 7.62. The van der Waals surface area contributed by atoms with Crippen LogP contribution in [0.5, 0.6) is 11.5 Å². The molecule has 7 nitrogen and oxygen atoms in total. The van der Waals surface area contributed by atoms with Crippen molar-refractivity contribution in [2.45, 2.75) is 37.9 Å². The van der Waals surface area contributed by atoms with Gasteiger partial charge >= 0.3 is 0 Å². The number of fused-ring (bicyclic) bond motifs is 2. The summed E-state index contributed by atoms with van der Waals surface area (Å²) in [4.78, 5) is 17.1. The maximum Gasteiger partial charge on any atom is 0.170 e. The topological polar surface area (TPSA) is 89.1 Å². The number of ether oxygens (including phenoxy) is 2. The first kappa shape index (κ1) is 23.3. The molecule has 0 unspecified atom stereocenters. The van der Waals surface area contributed by atoms with Crippen molar-refractivity contribution in [2.24, 2.45) is 0 Å². The highest BCUT2D eigenvalue weighted by Gasteiger charge is 2.41. The minimum atomic E-state index is -0.389. The minimum Gasteiger partial charge on any atom is -0.486 e. The molecule has 0 radical (unpaired) electrons. The van der Waals surface area contributed by atoms with Crippen LogP contribution in [-0.2, 0) is 0 Å². The summed E-state index contributed by atoms with van der Waals surface area (Å²) in [5, 5.41) is 12.7. The lowest BCUT2D eigenvalue weighted by molar-refractivity contribution is 0.0188. The Morgan fingerprint density at radius 3 is 2.64 bits per heavy atom. The molecule has 2 aliphatic heterocycles. The van der Waals surface area contributed by atoms with Crippen molar-refractivity contribution in [3.63, 3.8) is 0 Å². The number of piperidine rings is 1. The van der Waals surface area contributed by atoms with Gasteiger partial charge in [-0.05, 0) is 56.4 Å². The fourth-order valence-electron chi connectivity index (χ4n) is 5.16. The molecule has 1 atom stereocenters. The first-order valence-corrected chi connectivity index (χ1v) is 12.7. The molecule has 2 aliphatic rings. The van der Waals surface area contributed by atoms with Crippen LogP contribution in [0.3, 0.4) is 0 Å². The van der Waals surface area contributed by atoms with Crippen molar-refractivity contribution in [3.05, 3.63) is 70.0 Å². The zero-order chi connectivity index (χ0) is 24.9. The molecule has 1 saturated heterocycles. The van der Waals surface area contributed by atoms with Gasteiger partial charge in [0.2, 0.25) is 0 Å². The lowest BCUT2D eigenvalue weighted by Crippen LogP contribution is -2.49. The first-order valence-electron chi connectivity index (χ1n) is 11.9. The smallest absolute Gasteiger partial charge is 0.170 e. The van der Waals surface area contributed by atoms with Crippen LogP contribution >= 0.6 is 23.2 Å². The molecular formula is C27H24Cl2N4O3. The molecule has 9 heteroatoms. The number of carbonyl (C=O) groups is 1. The molecule has 2 aromatic heterocycles. The molecule has 0 saturated carbocycles. The number of H-pyrrole nitrogens is 1. The summed E-state index contributed by atoms with van der Waals surface area (Å²) in [5.41, 5.74) is 3.33. The number of Topliss-reactive ketones (excluding diaryl/α,β-unsaturated/α-hetero) is 1. The van der Waals surface area contributed by atoms with Gasteiger partial charge in [-0.1, -0.05) is 23.2 Å². The molecule has 184 valence electrons. The summed E-state index contributed by atoms with van der Waals surface area (Å²) in [7, 11) is 0. The van der Waals surface area contributed by atoms with Crippen molar-refractivity contribution in [1.82, 2.24) is 20.5 Å². The van der Waals surface area contributed by atoms with E-state index in [4.69, 9.17) is 32.7 Å². The predicted octanol–water partition coefficient (Wildman–Crippen LogP) is 6.16. The van der Waals surface area contributed by atoms with Gasteiger partial charge in [0, 0.05) is 41.7 Å². The monoisotopic (exact) mass is 522 g/mol. The van der Waals surface area contributed by atoms with E-state index < -0.39 is 0 Å². The van der Waals surface area contributed by atoms with Crippen LogP contribution in [0.25, 0.3) is 22.2 Å². The van der Waals surface area contributed by atoms with Crippen molar-refractivity contribution >= 4 is 39.9 Å². The Bertz CT molecular complexity index is 1460. The molecule has 2 aromatic carbocycles. The molecule has 0 amide bonds. The molecule has 1 fully saturated rings. The molecule has 4 aromatic rings. The highest BCUT2D eigenvalue weighted by atomic mass is 35.5. The Morgan fingerprint density at radius 1 is 1.08 bits per heavy atom. The Kier molecular flexibility index (Phi) is 5.86. The lowest BCUT2D eigenvalue weighted by atomic mass is 9.82. The van der Waals surface area contributed by atoms with Crippen LogP contribution in [0.2, 0.25) is 10.0 Å². The second-order valence-electron chi connectivity index (χ2n) is 9.40. The number of aromatic nitrogens is 3. The summed E-state index contributed by atoms with van der Waals surface area (Å²) in [6, 6.07) is 11.4. The highest BCUT2D eigenvalue weighted by Crippen LogP contribution is 2.41. The van der Waals surface area contributed by atoms with E-state index in [-0.39, 0.29) is 17.5 Å².